The number of anilines is 1. The first kappa shape index (κ1) is 15.6. The van der Waals surface area contributed by atoms with Crippen molar-refractivity contribution < 1.29 is 9.32 Å². The lowest BCUT2D eigenvalue weighted by Gasteiger charge is -2.17. The van der Waals surface area contributed by atoms with E-state index in [4.69, 9.17) is 4.52 Å². The normalized spacial score (nSPS) is 12.6. The van der Waals surface area contributed by atoms with Gasteiger partial charge in [0.15, 0.2) is 5.82 Å². The maximum atomic E-state index is 12.5. The number of benzene rings is 2. The highest BCUT2D eigenvalue weighted by atomic mass is 16.5. The summed E-state index contributed by atoms with van der Waals surface area (Å²) in [6, 6.07) is 10.2. The number of urea groups is 1. The predicted octanol–water partition coefficient (Wildman–Crippen LogP) is 3.55. The lowest BCUT2D eigenvalue weighted by Crippen LogP contribution is -2.31. The Morgan fingerprint density at radius 1 is 1.24 bits per heavy atom. The van der Waals surface area contributed by atoms with Crippen molar-refractivity contribution in [1.29, 1.82) is 0 Å². The van der Waals surface area contributed by atoms with Crippen molar-refractivity contribution >= 4 is 22.5 Å². The van der Waals surface area contributed by atoms with Crippen molar-refractivity contribution in [3.8, 4) is 0 Å². The first-order chi connectivity index (χ1) is 12.2. The molecule has 1 aliphatic carbocycles. The van der Waals surface area contributed by atoms with E-state index in [0.717, 1.165) is 23.9 Å². The summed E-state index contributed by atoms with van der Waals surface area (Å²) in [5.41, 5.74) is 3.55. The van der Waals surface area contributed by atoms with Gasteiger partial charge in [-0.25, -0.2) is 4.79 Å². The molecule has 1 heterocycles. The standard InChI is InChI=1S/C19H20N4O2/c1-3-16-21-17(25-22-16)11-23(2)19(24)20-15-10-9-13-8-7-12-5-4-6-14(15)18(12)13/h4-6,9-10H,3,7-8,11H2,1-2H3,(H,20,24). The van der Waals surface area contributed by atoms with Crippen LogP contribution >= 0.6 is 0 Å². The molecule has 0 atom stereocenters. The molecule has 0 bridgehead atoms. The summed E-state index contributed by atoms with van der Waals surface area (Å²) in [7, 11) is 1.71. The second-order valence-electron chi connectivity index (χ2n) is 6.36. The van der Waals surface area contributed by atoms with Gasteiger partial charge in [-0.15, -0.1) is 0 Å². The molecule has 0 radical (unpaired) electrons. The van der Waals surface area contributed by atoms with Gasteiger partial charge in [-0.05, 0) is 35.4 Å². The minimum atomic E-state index is -0.199. The second-order valence-corrected chi connectivity index (χ2v) is 6.36. The van der Waals surface area contributed by atoms with Crippen molar-refractivity contribution in [3.05, 3.63) is 53.2 Å². The molecule has 4 rings (SSSR count). The molecule has 128 valence electrons. The number of carbonyl (C=O) groups excluding carboxylic acids is 1. The highest BCUT2D eigenvalue weighted by molar-refractivity contribution is 6.04. The van der Waals surface area contributed by atoms with E-state index in [0.29, 0.717) is 18.1 Å². The molecule has 0 spiro atoms. The number of carbonyl (C=O) groups is 1. The molecule has 2 aromatic carbocycles. The zero-order valence-electron chi connectivity index (χ0n) is 14.4. The van der Waals surface area contributed by atoms with Crippen LogP contribution in [0.5, 0.6) is 0 Å². The van der Waals surface area contributed by atoms with Gasteiger partial charge in [-0.3, -0.25) is 0 Å². The number of nitrogens with one attached hydrogen (secondary N) is 1. The van der Waals surface area contributed by atoms with Gasteiger partial charge in [-0.1, -0.05) is 36.3 Å². The number of aryl methyl sites for hydroxylation is 3. The summed E-state index contributed by atoms with van der Waals surface area (Å²) in [5, 5.41) is 9.24. The Bertz CT molecular complexity index is 937. The zero-order valence-corrected chi connectivity index (χ0v) is 14.4. The lowest BCUT2D eigenvalue weighted by molar-refractivity contribution is 0.213. The molecule has 0 fully saturated rings. The molecule has 25 heavy (non-hydrogen) atoms. The molecule has 0 saturated carbocycles. The van der Waals surface area contributed by atoms with E-state index in [9.17, 15) is 4.79 Å². The Morgan fingerprint density at radius 3 is 2.80 bits per heavy atom. The van der Waals surface area contributed by atoms with Crippen LogP contribution in [0.3, 0.4) is 0 Å². The first-order valence-corrected chi connectivity index (χ1v) is 8.52. The van der Waals surface area contributed by atoms with E-state index >= 15 is 0 Å². The smallest absolute Gasteiger partial charge is 0.322 e. The summed E-state index contributed by atoms with van der Waals surface area (Å²) in [6.07, 6.45) is 2.85. The van der Waals surface area contributed by atoms with Crippen molar-refractivity contribution in [3.63, 3.8) is 0 Å². The first-order valence-electron chi connectivity index (χ1n) is 8.52. The predicted molar refractivity (Wildman–Crippen MR) is 95.5 cm³/mol. The van der Waals surface area contributed by atoms with Gasteiger partial charge in [0, 0.05) is 18.9 Å². The van der Waals surface area contributed by atoms with Crippen molar-refractivity contribution in [2.24, 2.45) is 0 Å². The fourth-order valence-electron chi connectivity index (χ4n) is 3.34. The van der Waals surface area contributed by atoms with Crippen LogP contribution in [-0.2, 0) is 25.8 Å². The van der Waals surface area contributed by atoms with Gasteiger partial charge in [0.1, 0.15) is 6.54 Å². The fourth-order valence-corrected chi connectivity index (χ4v) is 3.34. The average Bonchev–Trinajstić information content (AvgIpc) is 3.25. The van der Waals surface area contributed by atoms with Crippen LogP contribution in [0.1, 0.15) is 29.8 Å². The lowest BCUT2D eigenvalue weighted by atomic mass is 10.0. The third kappa shape index (κ3) is 2.84. The van der Waals surface area contributed by atoms with Gasteiger partial charge in [0.2, 0.25) is 5.89 Å². The Kier molecular flexibility index (Phi) is 3.87. The van der Waals surface area contributed by atoms with Crippen LogP contribution in [0.2, 0.25) is 0 Å². The quantitative estimate of drug-likeness (QED) is 0.791. The van der Waals surface area contributed by atoms with Crippen LogP contribution in [0.4, 0.5) is 10.5 Å². The van der Waals surface area contributed by atoms with Crippen LogP contribution in [0, 0.1) is 0 Å². The average molecular weight is 336 g/mol. The molecule has 0 aliphatic heterocycles. The Morgan fingerprint density at radius 2 is 2.04 bits per heavy atom. The van der Waals surface area contributed by atoms with Crippen molar-refractivity contribution in [1.82, 2.24) is 15.0 Å². The third-order valence-electron chi connectivity index (χ3n) is 4.66. The molecule has 1 N–H and O–H groups in total. The Balaban J connectivity index is 1.54. The van der Waals surface area contributed by atoms with Crippen molar-refractivity contribution in [2.75, 3.05) is 12.4 Å². The highest BCUT2D eigenvalue weighted by Gasteiger charge is 2.18. The largest absolute Gasteiger partial charge is 0.337 e. The number of hydrogen-bond acceptors (Lipinski definition) is 4. The minimum Gasteiger partial charge on any atom is -0.337 e. The van der Waals surface area contributed by atoms with Gasteiger partial charge < -0.3 is 14.7 Å². The fraction of sp³-hybridized carbons (Fsp3) is 0.316. The number of nitrogens with zero attached hydrogens (tertiary/aromatic N) is 3. The van der Waals surface area contributed by atoms with E-state index in [2.05, 4.69) is 39.7 Å². The van der Waals surface area contributed by atoms with E-state index in [1.54, 1.807) is 7.05 Å². The third-order valence-corrected chi connectivity index (χ3v) is 4.66. The van der Waals surface area contributed by atoms with Gasteiger partial charge in [-0.2, -0.15) is 4.98 Å². The number of rotatable bonds is 4. The monoisotopic (exact) mass is 336 g/mol. The van der Waals surface area contributed by atoms with Crippen LogP contribution in [-0.4, -0.2) is 28.1 Å². The molecule has 3 aromatic rings. The summed E-state index contributed by atoms with van der Waals surface area (Å²) < 4.78 is 5.15. The maximum Gasteiger partial charge on any atom is 0.322 e. The number of hydrogen-bond donors (Lipinski definition) is 1. The summed E-state index contributed by atoms with van der Waals surface area (Å²) in [6.45, 7) is 2.24. The van der Waals surface area contributed by atoms with E-state index in [1.165, 1.54) is 21.4 Å². The Labute approximate surface area is 145 Å². The van der Waals surface area contributed by atoms with E-state index in [-0.39, 0.29) is 12.6 Å². The number of amides is 2. The van der Waals surface area contributed by atoms with Gasteiger partial charge in [0.05, 0.1) is 5.69 Å². The van der Waals surface area contributed by atoms with Crippen LogP contribution in [0.25, 0.3) is 10.8 Å². The molecular weight excluding hydrogens is 316 g/mol. The minimum absolute atomic E-state index is 0.199. The van der Waals surface area contributed by atoms with Gasteiger partial charge >= 0.3 is 6.03 Å². The molecule has 1 aliphatic rings. The Hall–Kier alpha value is -2.89. The van der Waals surface area contributed by atoms with E-state index in [1.807, 2.05) is 13.0 Å². The van der Waals surface area contributed by atoms with E-state index < -0.39 is 0 Å². The van der Waals surface area contributed by atoms with Crippen LogP contribution < -0.4 is 5.32 Å². The molecule has 0 saturated heterocycles. The molecule has 1 aromatic heterocycles. The van der Waals surface area contributed by atoms with Crippen LogP contribution in [0.15, 0.2) is 34.9 Å². The molecule has 0 unspecified atom stereocenters. The zero-order chi connectivity index (χ0) is 17.4. The molecule has 6 heteroatoms. The summed E-state index contributed by atoms with van der Waals surface area (Å²) in [4.78, 5) is 18.3. The van der Waals surface area contributed by atoms with Gasteiger partial charge in [0.25, 0.3) is 0 Å². The molecule has 2 amide bonds. The molecular formula is C19H20N4O2. The maximum absolute atomic E-state index is 12.5. The summed E-state index contributed by atoms with van der Waals surface area (Å²) in [5.74, 6) is 1.09. The number of aromatic nitrogens is 2. The van der Waals surface area contributed by atoms with Crippen molar-refractivity contribution in [2.45, 2.75) is 32.7 Å². The topological polar surface area (TPSA) is 71.3 Å². The highest BCUT2D eigenvalue weighted by Crippen LogP contribution is 2.35. The molecule has 6 nitrogen and oxygen atoms in total. The second kappa shape index (κ2) is 6.20. The SMILES string of the molecule is CCc1noc(CN(C)C(=O)Nc2ccc3c4c(cccc24)CC3)n1. The summed E-state index contributed by atoms with van der Waals surface area (Å²) >= 11 is 0.